The Balaban J connectivity index is 3.51. The summed E-state index contributed by atoms with van der Waals surface area (Å²) >= 11 is 0. The number of hydrogen-bond donors (Lipinski definition) is 0. The van der Waals surface area contributed by atoms with Crippen molar-refractivity contribution in [1.29, 1.82) is 0 Å². The van der Waals surface area contributed by atoms with Crippen molar-refractivity contribution in [2.45, 2.75) is 52.9 Å². The van der Waals surface area contributed by atoms with Crippen LogP contribution in [0, 0.1) is 11.8 Å². The van der Waals surface area contributed by atoms with Crippen LogP contribution in [0.25, 0.3) is 0 Å². The van der Waals surface area contributed by atoms with Gasteiger partial charge >= 0.3 is 0 Å². The lowest BCUT2D eigenvalue weighted by Crippen LogP contribution is -1.88. The standard InChI is InChI=1S/C16H28/c1-5-7-9-13-16(4)14-11-8-10-12-15(3)6-2/h6-7,9,11,14-16H,2,5,8,10,12-13H2,1,3-4H3. The van der Waals surface area contributed by atoms with E-state index in [0.29, 0.717) is 11.8 Å². The van der Waals surface area contributed by atoms with Gasteiger partial charge in [0.2, 0.25) is 0 Å². The van der Waals surface area contributed by atoms with E-state index >= 15 is 0 Å². The monoisotopic (exact) mass is 220 g/mol. The third-order valence-electron chi connectivity index (χ3n) is 2.81. The maximum Gasteiger partial charge on any atom is -0.0227 e. The Morgan fingerprint density at radius 3 is 2.44 bits per heavy atom. The van der Waals surface area contributed by atoms with Gasteiger partial charge in [0.1, 0.15) is 0 Å². The van der Waals surface area contributed by atoms with Crippen LogP contribution in [0.1, 0.15) is 52.9 Å². The lowest BCUT2D eigenvalue weighted by atomic mass is 10.0. The Labute approximate surface area is 102 Å². The summed E-state index contributed by atoms with van der Waals surface area (Å²) in [7, 11) is 0. The van der Waals surface area contributed by atoms with Gasteiger partial charge in [0.25, 0.3) is 0 Å². The molecule has 2 unspecified atom stereocenters. The fourth-order valence-electron chi connectivity index (χ4n) is 1.56. The van der Waals surface area contributed by atoms with Crippen LogP contribution >= 0.6 is 0 Å². The Bertz CT molecular complexity index is 210. The Morgan fingerprint density at radius 2 is 1.81 bits per heavy atom. The molecule has 0 aliphatic heterocycles. The van der Waals surface area contributed by atoms with Crippen LogP contribution in [0.5, 0.6) is 0 Å². The summed E-state index contributed by atoms with van der Waals surface area (Å²) in [4.78, 5) is 0. The summed E-state index contributed by atoms with van der Waals surface area (Å²) in [6, 6.07) is 0. The molecule has 0 saturated carbocycles. The first kappa shape index (κ1) is 15.2. The van der Waals surface area contributed by atoms with Gasteiger partial charge in [-0.3, -0.25) is 0 Å². The first-order chi connectivity index (χ1) is 7.70. The minimum atomic E-state index is 0.665. The van der Waals surface area contributed by atoms with E-state index in [0.717, 1.165) is 6.42 Å². The lowest BCUT2D eigenvalue weighted by Gasteiger charge is -2.03. The molecule has 0 spiro atoms. The van der Waals surface area contributed by atoms with Gasteiger partial charge in [0.15, 0.2) is 0 Å². The maximum atomic E-state index is 3.80. The maximum absolute atomic E-state index is 3.80. The molecule has 0 aliphatic carbocycles. The number of hydrogen-bond acceptors (Lipinski definition) is 0. The van der Waals surface area contributed by atoms with Crippen molar-refractivity contribution in [2.24, 2.45) is 11.8 Å². The van der Waals surface area contributed by atoms with Crippen molar-refractivity contribution in [3.05, 3.63) is 37.0 Å². The van der Waals surface area contributed by atoms with Crippen LogP contribution in [0.3, 0.4) is 0 Å². The molecule has 0 aliphatic rings. The highest BCUT2D eigenvalue weighted by molar-refractivity contribution is 4.92. The Morgan fingerprint density at radius 1 is 1.06 bits per heavy atom. The van der Waals surface area contributed by atoms with Crippen molar-refractivity contribution < 1.29 is 0 Å². The van der Waals surface area contributed by atoms with Crippen LogP contribution < -0.4 is 0 Å². The van der Waals surface area contributed by atoms with Gasteiger partial charge in [-0.15, -0.1) is 6.58 Å². The molecule has 0 heterocycles. The van der Waals surface area contributed by atoms with E-state index < -0.39 is 0 Å². The molecule has 92 valence electrons. The van der Waals surface area contributed by atoms with Gasteiger partial charge in [0.05, 0.1) is 0 Å². The molecule has 0 aromatic heterocycles. The third kappa shape index (κ3) is 9.76. The van der Waals surface area contributed by atoms with Gasteiger partial charge in [0, 0.05) is 0 Å². The van der Waals surface area contributed by atoms with Gasteiger partial charge in [-0.1, -0.05) is 51.2 Å². The summed E-state index contributed by atoms with van der Waals surface area (Å²) in [5.74, 6) is 1.35. The number of allylic oxidation sites excluding steroid dienone is 5. The quantitative estimate of drug-likeness (QED) is 0.354. The average Bonchev–Trinajstić information content (AvgIpc) is 2.28. The molecule has 0 heteroatoms. The van der Waals surface area contributed by atoms with Gasteiger partial charge < -0.3 is 0 Å². The van der Waals surface area contributed by atoms with E-state index in [2.05, 4.69) is 51.7 Å². The largest absolute Gasteiger partial charge is 0.103 e. The highest BCUT2D eigenvalue weighted by Gasteiger charge is 1.95. The molecule has 0 fully saturated rings. The molecule has 0 saturated heterocycles. The highest BCUT2D eigenvalue weighted by Crippen LogP contribution is 2.10. The van der Waals surface area contributed by atoms with Gasteiger partial charge in [-0.2, -0.15) is 0 Å². The van der Waals surface area contributed by atoms with Crippen LogP contribution in [-0.2, 0) is 0 Å². The van der Waals surface area contributed by atoms with Crippen LogP contribution in [0.15, 0.2) is 37.0 Å². The fraction of sp³-hybridized carbons (Fsp3) is 0.625. The summed E-state index contributed by atoms with van der Waals surface area (Å²) < 4.78 is 0. The predicted octanol–water partition coefficient (Wildman–Crippen LogP) is 5.53. The van der Waals surface area contributed by atoms with Crippen LogP contribution in [0.2, 0.25) is 0 Å². The zero-order valence-corrected chi connectivity index (χ0v) is 11.3. The molecular formula is C16H28. The molecule has 0 aromatic rings. The average molecular weight is 220 g/mol. The molecule has 16 heavy (non-hydrogen) atoms. The molecule has 0 nitrogen and oxygen atoms in total. The van der Waals surface area contributed by atoms with Crippen LogP contribution in [0.4, 0.5) is 0 Å². The number of unbranched alkanes of at least 4 members (excludes halogenated alkanes) is 1. The second kappa shape index (κ2) is 10.7. The molecule has 0 amide bonds. The van der Waals surface area contributed by atoms with Gasteiger partial charge in [-0.25, -0.2) is 0 Å². The van der Waals surface area contributed by atoms with E-state index in [9.17, 15) is 0 Å². The van der Waals surface area contributed by atoms with E-state index in [1.54, 1.807) is 0 Å². The van der Waals surface area contributed by atoms with E-state index in [4.69, 9.17) is 0 Å². The fourth-order valence-corrected chi connectivity index (χ4v) is 1.56. The summed E-state index contributed by atoms with van der Waals surface area (Å²) in [6.07, 6.45) is 17.3. The SMILES string of the molecule is C=CC(C)CCCC=CC(C)CC=CCC. The first-order valence-corrected chi connectivity index (χ1v) is 6.64. The normalized spacial score (nSPS) is 15.7. The third-order valence-corrected chi connectivity index (χ3v) is 2.81. The topological polar surface area (TPSA) is 0 Å². The summed E-state index contributed by atoms with van der Waals surface area (Å²) in [6.45, 7) is 10.5. The van der Waals surface area contributed by atoms with E-state index in [-0.39, 0.29) is 0 Å². The van der Waals surface area contributed by atoms with E-state index in [1.165, 1.54) is 25.7 Å². The van der Waals surface area contributed by atoms with Gasteiger partial charge in [-0.05, 0) is 43.9 Å². The lowest BCUT2D eigenvalue weighted by molar-refractivity contribution is 0.611. The second-order valence-corrected chi connectivity index (χ2v) is 4.66. The highest BCUT2D eigenvalue weighted by atomic mass is 14.0. The number of rotatable bonds is 9. The molecule has 0 N–H and O–H groups in total. The molecule has 2 atom stereocenters. The zero-order valence-electron chi connectivity index (χ0n) is 11.3. The minimum Gasteiger partial charge on any atom is -0.103 e. The van der Waals surface area contributed by atoms with Crippen molar-refractivity contribution in [3.63, 3.8) is 0 Å². The second-order valence-electron chi connectivity index (χ2n) is 4.66. The first-order valence-electron chi connectivity index (χ1n) is 6.64. The smallest absolute Gasteiger partial charge is 0.0227 e. The van der Waals surface area contributed by atoms with Crippen molar-refractivity contribution >= 4 is 0 Å². The molecule has 0 radical (unpaired) electrons. The van der Waals surface area contributed by atoms with Crippen LogP contribution in [-0.4, -0.2) is 0 Å². The van der Waals surface area contributed by atoms with Crippen molar-refractivity contribution in [1.82, 2.24) is 0 Å². The molecular weight excluding hydrogens is 192 g/mol. The Kier molecular flexibility index (Phi) is 10.2. The molecule has 0 rings (SSSR count). The van der Waals surface area contributed by atoms with Crippen molar-refractivity contribution in [3.8, 4) is 0 Å². The minimum absolute atomic E-state index is 0.665. The zero-order chi connectivity index (χ0) is 12.2. The predicted molar refractivity (Wildman–Crippen MR) is 75.6 cm³/mol. The summed E-state index contributed by atoms with van der Waals surface area (Å²) in [5.41, 5.74) is 0. The summed E-state index contributed by atoms with van der Waals surface area (Å²) in [5, 5.41) is 0. The molecule has 0 aromatic carbocycles. The van der Waals surface area contributed by atoms with Crippen molar-refractivity contribution in [2.75, 3.05) is 0 Å². The Hall–Kier alpha value is -0.780. The van der Waals surface area contributed by atoms with E-state index in [1.807, 2.05) is 6.08 Å². The molecule has 0 bridgehead atoms.